The minimum absolute atomic E-state index is 0.0987. The summed E-state index contributed by atoms with van der Waals surface area (Å²) in [5.41, 5.74) is 3.01. The van der Waals surface area contributed by atoms with Crippen LogP contribution in [0.3, 0.4) is 0 Å². The number of phenols is 1. The Morgan fingerprint density at radius 3 is 2.51 bits per heavy atom. The smallest absolute Gasteiger partial charge is 0.326 e. The van der Waals surface area contributed by atoms with Crippen LogP contribution in [-0.2, 0) is 17.8 Å². The number of aromatic hydroxyl groups is 1. The second-order valence-electron chi connectivity index (χ2n) is 10.7. The molecule has 0 bridgehead atoms. The number of nitrogens with zero attached hydrogens (tertiary/aromatic N) is 1. The van der Waals surface area contributed by atoms with Crippen LogP contribution in [0.1, 0.15) is 88.7 Å². The molecule has 3 N–H and O–H groups in total. The van der Waals surface area contributed by atoms with E-state index in [1.807, 2.05) is 6.92 Å². The zero-order valence-corrected chi connectivity index (χ0v) is 21.7. The largest absolute Gasteiger partial charge is 0.508 e. The van der Waals surface area contributed by atoms with Gasteiger partial charge in [-0.05, 0) is 65.4 Å². The SMILES string of the molecule is CC(C)=CCCC(C)=CCC[C@]1(C)Oc2c(c(O)cc3c2CN([C@H](C(=O)O)C(C)C)C3=O)C[C@@H]1O. The van der Waals surface area contributed by atoms with Gasteiger partial charge in [0.15, 0.2) is 0 Å². The summed E-state index contributed by atoms with van der Waals surface area (Å²) < 4.78 is 6.37. The van der Waals surface area contributed by atoms with E-state index in [1.54, 1.807) is 13.8 Å². The van der Waals surface area contributed by atoms with Crippen LogP contribution in [-0.4, -0.2) is 49.8 Å². The van der Waals surface area contributed by atoms with Crippen LogP contribution < -0.4 is 4.74 Å². The van der Waals surface area contributed by atoms with Gasteiger partial charge in [-0.25, -0.2) is 4.79 Å². The quantitative estimate of drug-likeness (QED) is 0.426. The molecule has 2 heterocycles. The number of carbonyl (C=O) groups excluding carboxylic acids is 1. The highest BCUT2D eigenvalue weighted by Crippen LogP contribution is 2.46. The lowest BCUT2D eigenvalue weighted by atomic mass is 9.84. The Kier molecular flexibility index (Phi) is 8.00. The van der Waals surface area contributed by atoms with Crippen molar-refractivity contribution < 1.29 is 29.6 Å². The number of hydrogen-bond acceptors (Lipinski definition) is 5. The first kappa shape index (κ1) is 26.8. The van der Waals surface area contributed by atoms with Crippen LogP contribution in [0.25, 0.3) is 0 Å². The number of aliphatic carboxylic acids is 1. The Hall–Kier alpha value is -2.80. The van der Waals surface area contributed by atoms with Crippen molar-refractivity contribution >= 4 is 11.9 Å². The van der Waals surface area contributed by atoms with Gasteiger partial charge >= 0.3 is 5.97 Å². The van der Waals surface area contributed by atoms with Crippen LogP contribution in [0.4, 0.5) is 0 Å². The van der Waals surface area contributed by atoms with Crippen LogP contribution in [0.2, 0.25) is 0 Å². The number of allylic oxidation sites excluding steroid dienone is 4. The van der Waals surface area contributed by atoms with E-state index in [1.165, 1.54) is 22.1 Å². The summed E-state index contributed by atoms with van der Waals surface area (Å²) >= 11 is 0. The number of carbonyl (C=O) groups is 2. The zero-order valence-electron chi connectivity index (χ0n) is 21.7. The molecule has 2 aliphatic heterocycles. The molecule has 7 nitrogen and oxygen atoms in total. The Bertz CT molecular complexity index is 1050. The van der Waals surface area contributed by atoms with Gasteiger partial charge in [0, 0.05) is 17.5 Å². The minimum Gasteiger partial charge on any atom is -0.508 e. The lowest BCUT2D eigenvalue weighted by molar-refractivity contribution is -0.144. The number of phenolic OH excluding ortho intramolecular Hbond substituents is 1. The Balaban J connectivity index is 1.84. The van der Waals surface area contributed by atoms with Crippen molar-refractivity contribution in [2.45, 2.75) is 97.9 Å². The molecule has 0 fully saturated rings. The van der Waals surface area contributed by atoms with Gasteiger partial charge in [0.1, 0.15) is 23.1 Å². The van der Waals surface area contributed by atoms with Crippen LogP contribution in [0.5, 0.6) is 11.5 Å². The van der Waals surface area contributed by atoms with Gasteiger partial charge in [-0.3, -0.25) is 4.79 Å². The standard InChI is InChI=1S/C28H39NO6/c1-16(2)9-7-10-18(5)11-8-12-28(6)23(31)14-20-22(30)13-19-21(25(20)35-28)15-29(26(19)32)24(17(3)4)27(33)34/h9,11,13,17,23-24,30-31H,7-8,10,12,14-15H2,1-6H3,(H,33,34)/t23-,24-,28-/m0/s1. The number of hydrogen-bond donors (Lipinski definition) is 3. The minimum atomic E-state index is -1.06. The van der Waals surface area contributed by atoms with Crippen molar-refractivity contribution in [2.24, 2.45) is 5.92 Å². The first-order chi connectivity index (χ1) is 16.4. The fourth-order valence-corrected chi connectivity index (χ4v) is 5.02. The number of fused-ring (bicyclic) bond motifs is 3. The van der Waals surface area contributed by atoms with Crippen molar-refractivity contribution in [1.82, 2.24) is 4.90 Å². The third kappa shape index (κ3) is 5.56. The summed E-state index contributed by atoms with van der Waals surface area (Å²) in [5.74, 6) is -1.48. The van der Waals surface area contributed by atoms with Gasteiger partial charge in [0.2, 0.25) is 0 Å². The predicted octanol–water partition coefficient (Wildman–Crippen LogP) is 4.98. The summed E-state index contributed by atoms with van der Waals surface area (Å²) in [6.07, 6.45) is 7.04. The first-order valence-corrected chi connectivity index (χ1v) is 12.4. The molecule has 0 saturated carbocycles. The number of aliphatic hydroxyl groups excluding tert-OH is 1. The molecule has 0 aromatic heterocycles. The van der Waals surface area contributed by atoms with Crippen LogP contribution in [0, 0.1) is 5.92 Å². The Labute approximate surface area is 208 Å². The third-order valence-electron chi connectivity index (χ3n) is 7.17. The van der Waals surface area contributed by atoms with E-state index in [2.05, 4.69) is 32.9 Å². The van der Waals surface area contributed by atoms with E-state index in [-0.39, 0.29) is 30.2 Å². The monoisotopic (exact) mass is 485 g/mol. The number of benzene rings is 1. The predicted molar refractivity (Wildman–Crippen MR) is 135 cm³/mol. The van der Waals surface area contributed by atoms with Gasteiger partial charge in [-0.1, -0.05) is 37.1 Å². The van der Waals surface area contributed by atoms with Gasteiger partial charge in [-0.2, -0.15) is 0 Å². The fourth-order valence-electron chi connectivity index (χ4n) is 5.02. The molecule has 0 spiro atoms. The molecule has 1 aromatic rings. The number of carboxylic acid groups (broad SMARTS) is 1. The molecule has 0 radical (unpaired) electrons. The summed E-state index contributed by atoms with van der Waals surface area (Å²) in [5, 5.41) is 31.3. The zero-order chi connectivity index (χ0) is 26.1. The first-order valence-electron chi connectivity index (χ1n) is 12.4. The number of aliphatic hydroxyl groups is 1. The van der Waals surface area contributed by atoms with Gasteiger partial charge in [0.25, 0.3) is 5.91 Å². The van der Waals surface area contributed by atoms with E-state index < -0.39 is 29.6 Å². The summed E-state index contributed by atoms with van der Waals surface area (Å²) in [7, 11) is 0. The molecule has 35 heavy (non-hydrogen) atoms. The van der Waals surface area contributed by atoms with E-state index in [0.29, 0.717) is 23.3 Å². The topological polar surface area (TPSA) is 107 Å². The lowest BCUT2D eigenvalue weighted by Gasteiger charge is -2.41. The van der Waals surface area contributed by atoms with Crippen molar-refractivity contribution in [3.8, 4) is 11.5 Å². The highest BCUT2D eigenvalue weighted by atomic mass is 16.5. The lowest BCUT2D eigenvalue weighted by Crippen LogP contribution is -2.49. The van der Waals surface area contributed by atoms with Gasteiger partial charge in [-0.15, -0.1) is 0 Å². The molecule has 7 heteroatoms. The molecular formula is C28H39NO6. The summed E-state index contributed by atoms with van der Waals surface area (Å²) in [6.45, 7) is 11.8. The number of carboxylic acids is 1. The highest BCUT2D eigenvalue weighted by Gasteiger charge is 2.46. The second kappa shape index (κ2) is 10.4. The molecule has 3 rings (SSSR count). The molecule has 0 saturated heterocycles. The number of amides is 1. The maximum absolute atomic E-state index is 13.1. The molecular weight excluding hydrogens is 446 g/mol. The summed E-state index contributed by atoms with van der Waals surface area (Å²) in [6, 6.07) is 0.403. The van der Waals surface area contributed by atoms with Crippen LogP contribution >= 0.6 is 0 Å². The van der Waals surface area contributed by atoms with Crippen LogP contribution in [0.15, 0.2) is 29.4 Å². The van der Waals surface area contributed by atoms with Crippen molar-refractivity contribution in [1.29, 1.82) is 0 Å². The summed E-state index contributed by atoms with van der Waals surface area (Å²) in [4.78, 5) is 26.3. The maximum atomic E-state index is 13.1. The van der Waals surface area contributed by atoms with Crippen molar-refractivity contribution in [3.05, 3.63) is 46.1 Å². The molecule has 2 aliphatic rings. The molecule has 0 aliphatic carbocycles. The van der Waals surface area contributed by atoms with E-state index in [0.717, 1.165) is 19.3 Å². The molecule has 1 amide bonds. The average molecular weight is 486 g/mol. The van der Waals surface area contributed by atoms with E-state index in [9.17, 15) is 24.9 Å². The average Bonchev–Trinajstić information content (AvgIpc) is 3.05. The highest BCUT2D eigenvalue weighted by molar-refractivity contribution is 6.02. The molecule has 192 valence electrons. The molecule has 1 aromatic carbocycles. The normalized spacial score (nSPS) is 22.5. The van der Waals surface area contributed by atoms with E-state index >= 15 is 0 Å². The Morgan fingerprint density at radius 2 is 1.91 bits per heavy atom. The van der Waals surface area contributed by atoms with Crippen molar-refractivity contribution in [2.75, 3.05) is 0 Å². The maximum Gasteiger partial charge on any atom is 0.326 e. The number of ether oxygens (including phenoxy) is 1. The van der Waals surface area contributed by atoms with Gasteiger partial charge in [0.05, 0.1) is 18.2 Å². The molecule has 3 atom stereocenters. The van der Waals surface area contributed by atoms with Gasteiger partial charge < -0.3 is 25.0 Å². The third-order valence-corrected chi connectivity index (χ3v) is 7.17. The van der Waals surface area contributed by atoms with E-state index in [4.69, 9.17) is 4.74 Å². The van der Waals surface area contributed by atoms with Crippen molar-refractivity contribution in [3.63, 3.8) is 0 Å². The Morgan fingerprint density at radius 1 is 1.23 bits per heavy atom. The molecule has 0 unspecified atom stereocenters. The second-order valence-corrected chi connectivity index (χ2v) is 10.7. The number of rotatable bonds is 9. The fraction of sp³-hybridized carbons (Fsp3) is 0.571.